The summed E-state index contributed by atoms with van der Waals surface area (Å²) in [4.78, 5) is 13.9. The van der Waals surface area contributed by atoms with E-state index in [9.17, 15) is 13.2 Å². The first-order valence-electron chi connectivity index (χ1n) is 6.26. The summed E-state index contributed by atoms with van der Waals surface area (Å²) in [5.41, 5.74) is 0.100. The maximum atomic E-state index is 12.5. The number of hydrogen-bond acceptors (Lipinski definition) is 4. The number of hydrogen-bond donors (Lipinski definition) is 0. The molecule has 1 aromatic rings. The zero-order valence-corrected chi connectivity index (χ0v) is 14.3. The number of ether oxygens (including phenoxy) is 1. The first-order valence-corrected chi connectivity index (χ1v) is 8.95. The molecule has 1 rings (SSSR count). The number of carbonyl (C=O) groups excluding carboxylic acids is 1. The van der Waals surface area contributed by atoms with E-state index < -0.39 is 9.05 Å². The smallest absolute Gasteiger partial charge is 0.261 e. The van der Waals surface area contributed by atoms with Crippen LogP contribution in [-0.2, 0) is 13.8 Å². The van der Waals surface area contributed by atoms with E-state index in [0.717, 1.165) is 0 Å². The van der Waals surface area contributed by atoms with Gasteiger partial charge in [0.25, 0.3) is 15.0 Å². The second-order valence-corrected chi connectivity index (χ2v) is 7.45. The lowest BCUT2D eigenvalue weighted by molar-refractivity contribution is 0.0579. The van der Waals surface area contributed by atoms with Crippen LogP contribution in [0.2, 0.25) is 5.02 Å². The van der Waals surface area contributed by atoms with Gasteiger partial charge in [-0.25, -0.2) is 8.42 Å². The van der Waals surface area contributed by atoms with Crippen LogP contribution in [-0.4, -0.2) is 45.5 Å². The van der Waals surface area contributed by atoms with Gasteiger partial charge in [0.2, 0.25) is 0 Å². The number of rotatable bonds is 6. The molecule has 1 aromatic carbocycles. The predicted octanol–water partition coefficient (Wildman–Crippen LogP) is 2.76. The third kappa shape index (κ3) is 4.57. The Labute approximate surface area is 134 Å². The van der Waals surface area contributed by atoms with Gasteiger partial charge in [0.05, 0.1) is 28.1 Å². The first-order chi connectivity index (χ1) is 9.72. The molecule has 0 fully saturated rings. The van der Waals surface area contributed by atoms with Crippen molar-refractivity contribution in [1.82, 2.24) is 4.90 Å². The average Bonchev–Trinajstić information content (AvgIpc) is 2.38. The van der Waals surface area contributed by atoms with Gasteiger partial charge in [0, 0.05) is 24.3 Å². The van der Waals surface area contributed by atoms with Gasteiger partial charge >= 0.3 is 0 Å². The zero-order valence-electron chi connectivity index (χ0n) is 12.0. The number of methoxy groups -OCH3 is 1. The van der Waals surface area contributed by atoms with Gasteiger partial charge in [0.15, 0.2) is 0 Å². The van der Waals surface area contributed by atoms with Crippen LogP contribution in [0.25, 0.3) is 0 Å². The number of nitrogens with zero attached hydrogens (tertiary/aromatic N) is 1. The van der Waals surface area contributed by atoms with Crippen molar-refractivity contribution in [1.29, 1.82) is 0 Å². The molecule has 0 aliphatic heterocycles. The average molecular weight is 354 g/mol. The molecule has 0 heterocycles. The van der Waals surface area contributed by atoms with Crippen LogP contribution >= 0.6 is 22.3 Å². The highest BCUT2D eigenvalue weighted by Crippen LogP contribution is 2.24. The van der Waals surface area contributed by atoms with Crippen molar-refractivity contribution in [2.75, 3.05) is 20.3 Å². The van der Waals surface area contributed by atoms with Crippen molar-refractivity contribution >= 4 is 37.2 Å². The Balaban J connectivity index is 3.22. The second kappa shape index (κ2) is 7.45. The Morgan fingerprint density at radius 2 is 2.05 bits per heavy atom. The standard InChI is InChI=1S/C13H17Cl2NO4S/c1-4-16(9(2)8-20-3)13(17)11-7-10(21(15,18)19)5-6-12(11)14/h5-7,9H,4,8H2,1-3H3. The maximum Gasteiger partial charge on any atom is 0.261 e. The Bertz CT molecular complexity index is 619. The molecule has 21 heavy (non-hydrogen) atoms. The molecule has 5 nitrogen and oxygen atoms in total. The Morgan fingerprint density at radius 3 is 2.52 bits per heavy atom. The topological polar surface area (TPSA) is 63.7 Å². The molecule has 1 amide bonds. The van der Waals surface area contributed by atoms with Crippen LogP contribution in [0.4, 0.5) is 0 Å². The monoisotopic (exact) mass is 353 g/mol. The Morgan fingerprint density at radius 1 is 1.43 bits per heavy atom. The number of carbonyl (C=O) groups is 1. The number of likely N-dealkylation sites (N-methyl/N-ethyl adjacent to an activating group) is 1. The summed E-state index contributed by atoms with van der Waals surface area (Å²) in [5.74, 6) is -0.366. The Kier molecular flexibility index (Phi) is 6.46. The summed E-state index contributed by atoms with van der Waals surface area (Å²) in [6.45, 7) is 4.46. The second-order valence-electron chi connectivity index (χ2n) is 4.48. The molecule has 118 valence electrons. The van der Waals surface area contributed by atoms with E-state index in [1.54, 1.807) is 12.0 Å². The summed E-state index contributed by atoms with van der Waals surface area (Å²) < 4.78 is 27.8. The summed E-state index contributed by atoms with van der Waals surface area (Å²) in [5, 5.41) is 0.173. The van der Waals surface area contributed by atoms with Crippen LogP contribution < -0.4 is 0 Å². The number of halogens is 2. The van der Waals surface area contributed by atoms with Crippen LogP contribution in [0.15, 0.2) is 23.1 Å². The van der Waals surface area contributed by atoms with E-state index >= 15 is 0 Å². The van der Waals surface area contributed by atoms with E-state index in [1.807, 2.05) is 13.8 Å². The van der Waals surface area contributed by atoms with E-state index in [0.29, 0.717) is 13.2 Å². The van der Waals surface area contributed by atoms with Crippen molar-refractivity contribution in [2.45, 2.75) is 24.8 Å². The van der Waals surface area contributed by atoms with E-state index in [-0.39, 0.29) is 27.4 Å². The van der Waals surface area contributed by atoms with Gasteiger partial charge in [-0.1, -0.05) is 11.6 Å². The first kappa shape index (κ1) is 18.2. The van der Waals surface area contributed by atoms with Crippen molar-refractivity contribution < 1.29 is 17.9 Å². The molecule has 1 unspecified atom stereocenters. The molecule has 1 atom stereocenters. The normalized spacial score (nSPS) is 13.0. The van der Waals surface area contributed by atoms with Gasteiger partial charge in [-0.2, -0.15) is 0 Å². The molecule has 0 bridgehead atoms. The SMILES string of the molecule is CCN(C(=O)c1cc(S(=O)(=O)Cl)ccc1Cl)C(C)COC. The summed E-state index contributed by atoms with van der Waals surface area (Å²) in [6.07, 6.45) is 0. The van der Waals surface area contributed by atoms with Crippen molar-refractivity contribution in [3.8, 4) is 0 Å². The molecule has 0 spiro atoms. The fourth-order valence-electron chi connectivity index (χ4n) is 1.96. The summed E-state index contributed by atoms with van der Waals surface area (Å²) in [7, 11) is 2.92. The predicted molar refractivity (Wildman–Crippen MR) is 82.5 cm³/mol. The van der Waals surface area contributed by atoms with Gasteiger partial charge in [-0.05, 0) is 32.0 Å². The molecule has 0 saturated heterocycles. The minimum atomic E-state index is -3.92. The third-order valence-corrected chi connectivity index (χ3v) is 4.67. The van der Waals surface area contributed by atoms with Crippen LogP contribution in [0.5, 0.6) is 0 Å². The van der Waals surface area contributed by atoms with Crippen molar-refractivity contribution in [3.05, 3.63) is 28.8 Å². The summed E-state index contributed by atoms with van der Waals surface area (Å²) >= 11 is 6.01. The highest BCUT2D eigenvalue weighted by atomic mass is 35.7. The lowest BCUT2D eigenvalue weighted by atomic mass is 10.1. The molecule has 0 aliphatic rings. The lowest BCUT2D eigenvalue weighted by Crippen LogP contribution is -2.41. The third-order valence-electron chi connectivity index (χ3n) is 2.99. The van der Waals surface area contributed by atoms with Crippen molar-refractivity contribution in [2.24, 2.45) is 0 Å². The van der Waals surface area contributed by atoms with E-state index in [1.165, 1.54) is 18.2 Å². The number of benzene rings is 1. The van der Waals surface area contributed by atoms with Gasteiger partial charge < -0.3 is 9.64 Å². The van der Waals surface area contributed by atoms with E-state index in [2.05, 4.69) is 0 Å². The van der Waals surface area contributed by atoms with Crippen LogP contribution in [0.3, 0.4) is 0 Å². The maximum absolute atomic E-state index is 12.5. The minimum Gasteiger partial charge on any atom is -0.383 e. The van der Waals surface area contributed by atoms with Crippen molar-refractivity contribution in [3.63, 3.8) is 0 Å². The molecular weight excluding hydrogens is 337 g/mol. The largest absolute Gasteiger partial charge is 0.383 e. The molecule has 0 saturated carbocycles. The minimum absolute atomic E-state index is 0.100. The highest BCUT2D eigenvalue weighted by Gasteiger charge is 2.23. The molecule has 0 aliphatic carbocycles. The van der Waals surface area contributed by atoms with Gasteiger partial charge in [-0.3, -0.25) is 4.79 Å². The molecular formula is C13H17Cl2NO4S. The highest BCUT2D eigenvalue weighted by molar-refractivity contribution is 8.13. The lowest BCUT2D eigenvalue weighted by Gasteiger charge is -2.28. The van der Waals surface area contributed by atoms with Gasteiger partial charge in [-0.15, -0.1) is 0 Å². The molecule has 0 N–H and O–H groups in total. The van der Waals surface area contributed by atoms with Crippen LogP contribution in [0.1, 0.15) is 24.2 Å². The molecule has 0 aromatic heterocycles. The van der Waals surface area contributed by atoms with E-state index in [4.69, 9.17) is 27.0 Å². The Hall–Kier alpha value is -0.820. The molecule has 0 radical (unpaired) electrons. The fourth-order valence-corrected chi connectivity index (χ4v) is 2.94. The fraction of sp³-hybridized carbons (Fsp3) is 0.462. The van der Waals surface area contributed by atoms with Gasteiger partial charge in [0.1, 0.15) is 0 Å². The molecule has 8 heteroatoms. The number of amides is 1. The zero-order chi connectivity index (χ0) is 16.2. The summed E-state index contributed by atoms with van der Waals surface area (Å²) in [6, 6.07) is 3.63. The van der Waals surface area contributed by atoms with Crippen LogP contribution in [0, 0.1) is 0 Å². The quantitative estimate of drug-likeness (QED) is 0.737.